The van der Waals surface area contributed by atoms with Crippen LogP contribution in [0.25, 0.3) is 22.0 Å². The lowest BCUT2D eigenvalue weighted by Crippen LogP contribution is -2.57. The molecule has 4 aromatic carbocycles. The van der Waals surface area contributed by atoms with Gasteiger partial charge in [-0.1, -0.05) is 59.6 Å². The maximum atomic E-state index is 13.8. The van der Waals surface area contributed by atoms with Gasteiger partial charge in [0.2, 0.25) is 0 Å². The molecule has 5 aromatic rings. The van der Waals surface area contributed by atoms with Gasteiger partial charge in [-0.15, -0.1) is 13.2 Å². The number of aromatic hydroxyl groups is 1. The maximum Gasteiger partial charge on any atom is 0.573 e. The first-order chi connectivity index (χ1) is 27.4. The number of unbranched alkanes of at least 4 members (excludes halogenated alkanes) is 1. The summed E-state index contributed by atoms with van der Waals surface area (Å²) in [6, 6.07) is 25.2. The number of hydrogen-bond donors (Lipinski definition) is 3. The highest BCUT2D eigenvalue weighted by atomic mass is 35.5. The monoisotopic (exact) mass is 821 g/mol. The molecule has 3 N–H and O–H groups in total. The Morgan fingerprint density at radius 3 is 2.21 bits per heavy atom. The van der Waals surface area contributed by atoms with Gasteiger partial charge in [0.15, 0.2) is 5.78 Å². The fraction of sp³-hybridized carbons (Fsp3) is 0.386. The fourth-order valence-corrected chi connectivity index (χ4v) is 8.63. The standard InChI is InChI=1S/C44H48Cl2F3N5O3/c45-39-7-4-8-40(46)38(39)29-53-23-21-52(22-24-53)28-32-10-15-41-36(26-32)37(33-11-13-35(14-12-33)57-44(47,48)49)30-54(41)20-2-1-9-42(56)43(16-18-50-19-17-43)51-27-31-5-3-6-34(55)25-31/h3-8,10-15,25-26,30,50-51,55H,1-2,9,16-24,27-29H2. The lowest BCUT2D eigenvalue weighted by Gasteiger charge is -2.37. The van der Waals surface area contributed by atoms with Crippen molar-refractivity contribution >= 4 is 39.9 Å². The Labute approximate surface area is 341 Å². The summed E-state index contributed by atoms with van der Waals surface area (Å²) in [7, 11) is 0. The molecule has 13 heteroatoms. The third kappa shape index (κ3) is 10.5. The molecule has 0 aliphatic carbocycles. The first kappa shape index (κ1) is 41.1. The highest BCUT2D eigenvalue weighted by Gasteiger charge is 2.38. The molecule has 7 rings (SSSR count). The zero-order valence-corrected chi connectivity index (χ0v) is 33.3. The van der Waals surface area contributed by atoms with E-state index in [2.05, 4.69) is 54.1 Å². The third-order valence-corrected chi connectivity index (χ3v) is 12.0. The van der Waals surface area contributed by atoms with Crippen molar-refractivity contribution < 1.29 is 27.8 Å². The van der Waals surface area contributed by atoms with Crippen molar-refractivity contribution in [1.29, 1.82) is 0 Å². The average molecular weight is 823 g/mol. The Hall–Kier alpha value is -4.10. The van der Waals surface area contributed by atoms with Crippen molar-refractivity contribution in [2.45, 2.75) is 70.2 Å². The van der Waals surface area contributed by atoms with E-state index in [4.69, 9.17) is 23.2 Å². The zero-order chi connectivity index (χ0) is 40.0. The van der Waals surface area contributed by atoms with E-state index in [1.54, 1.807) is 30.3 Å². The summed E-state index contributed by atoms with van der Waals surface area (Å²) in [5.74, 6) is 0.149. The van der Waals surface area contributed by atoms with Crippen molar-refractivity contribution in [2.24, 2.45) is 0 Å². The minimum Gasteiger partial charge on any atom is -0.508 e. The number of aromatic nitrogens is 1. The highest BCUT2D eigenvalue weighted by molar-refractivity contribution is 6.36. The van der Waals surface area contributed by atoms with Crippen LogP contribution in [0.15, 0.2) is 91.1 Å². The van der Waals surface area contributed by atoms with Crippen LogP contribution in [0, 0.1) is 0 Å². The van der Waals surface area contributed by atoms with Gasteiger partial charge < -0.3 is 25.0 Å². The number of alkyl halides is 3. The number of ketones is 1. The van der Waals surface area contributed by atoms with Gasteiger partial charge in [-0.3, -0.25) is 14.6 Å². The van der Waals surface area contributed by atoms with Gasteiger partial charge >= 0.3 is 6.36 Å². The normalized spacial score (nSPS) is 16.6. The quantitative estimate of drug-likeness (QED) is 0.0910. The SMILES string of the molecule is O=C(CCCCn1cc(-c2ccc(OC(F)(F)F)cc2)c2cc(CN3CCN(Cc4c(Cl)cccc4Cl)CC3)ccc21)C1(NCc2cccc(O)c2)CCNCC1. The Morgan fingerprint density at radius 1 is 0.842 bits per heavy atom. The number of benzene rings is 4. The summed E-state index contributed by atoms with van der Waals surface area (Å²) in [6.45, 7) is 7.70. The molecule has 0 spiro atoms. The molecule has 0 amide bonds. The molecule has 2 aliphatic heterocycles. The van der Waals surface area contributed by atoms with Crippen LogP contribution in [0.3, 0.4) is 0 Å². The van der Waals surface area contributed by atoms with E-state index in [-0.39, 0.29) is 17.3 Å². The largest absolute Gasteiger partial charge is 0.573 e. The number of ether oxygens (including phenoxy) is 1. The van der Waals surface area contributed by atoms with Crippen LogP contribution in [0.2, 0.25) is 10.0 Å². The predicted molar refractivity (Wildman–Crippen MR) is 220 cm³/mol. The molecule has 0 atom stereocenters. The minimum atomic E-state index is -4.77. The van der Waals surface area contributed by atoms with Gasteiger partial charge in [-0.2, -0.15) is 0 Å². The Morgan fingerprint density at radius 2 is 1.53 bits per heavy atom. The number of aryl methyl sites for hydroxylation is 1. The molecule has 0 saturated carbocycles. The van der Waals surface area contributed by atoms with Crippen molar-refractivity contribution in [1.82, 2.24) is 25.0 Å². The molecule has 8 nitrogen and oxygen atoms in total. The van der Waals surface area contributed by atoms with E-state index < -0.39 is 11.9 Å². The van der Waals surface area contributed by atoms with E-state index in [1.807, 2.05) is 24.3 Å². The van der Waals surface area contributed by atoms with Gasteiger partial charge in [-0.25, -0.2) is 0 Å². The molecule has 1 aromatic heterocycles. The number of fused-ring (bicyclic) bond motifs is 1. The highest BCUT2D eigenvalue weighted by Crippen LogP contribution is 2.35. The molecule has 0 radical (unpaired) electrons. The summed E-state index contributed by atoms with van der Waals surface area (Å²) in [5, 5.41) is 19.2. The smallest absolute Gasteiger partial charge is 0.508 e. The van der Waals surface area contributed by atoms with Crippen molar-refractivity contribution in [3.63, 3.8) is 0 Å². The average Bonchev–Trinajstić information content (AvgIpc) is 3.55. The van der Waals surface area contributed by atoms with Gasteiger partial charge in [0, 0.05) is 97.1 Å². The number of carbonyl (C=O) groups excluding carboxylic acids is 1. The Balaban J connectivity index is 1.03. The molecule has 2 aliphatic rings. The Bertz CT molecular complexity index is 2130. The molecule has 0 unspecified atom stereocenters. The minimum absolute atomic E-state index is 0.204. The van der Waals surface area contributed by atoms with Crippen LogP contribution >= 0.6 is 23.2 Å². The van der Waals surface area contributed by atoms with Crippen molar-refractivity contribution in [2.75, 3.05) is 39.3 Å². The van der Waals surface area contributed by atoms with Crippen LogP contribution in [-0.2, 0) is 31.0 Å². The van der Waals surface area contributed by atoms with E-state index in [1.165, 1.54) is 12.1 Å². The number of piperidine rings is 1. The maximum absolute atomic E-state index is 13.8. The predicted octanol–water partition coefficient (Wildman–Crippen LogP) is 9.19. The molecule has 57 heavy (non-hydrogen) atoms. The second-order valence-corrected chi connectivity index (χ2v) is 16.0. The second-order valence-electron chi connectivity index (χ2n) is 15.1. The molecule has 3 heterocycles. The first-order valence-corrected chi connectivity index (χ1v) is 20.3. The topological polar surface area (TPSA) is 82.0 Å². The van der Waals surface area contributed by atoms with Crippen LogP contribution in [0.5, 0.6) is 11.5 Å². The third-order valence-electron chi connectivity index (χ3n) is 11.2. The number of halogens is 5. The summed E-state index contributed by atoms with van der Waals surface area (Å²) in [4.78, 5) is 18.6. The lowest BCUT2D eigenvalue weighted by atomic mass is 9.82. The molecular formula is C44H48Cl2F3N5O3. The van der Waals surface area contributed by atoms with Crippen LogP contribution in [0.1, 0.15) is 48.8 Å². The fourth-order valence-electron chi connectivity index (χ4n) is 8.12. The zero-order valence-electron chi connectivity index (χ0n) is 31.8. The molecule has 2 saturated heterocycles. The summed E-state index contributed by atoms with van der Waals surface area (Å²) >= 11 is 12.9. The number of carbonyl (C=O) groups is 1. The summed E-state index contributed by atoms with van der Waals surface area (Å²) < 4.78 is 45.1. The summed E-state index contributed by atoms with van der Waals surface area (Å²) in [6.07, 6.45) is 0.655. The number of piperazine rings is 1. The van der Waals surface area contributed by atoms with E-state index >= 15 is 0 Å². The van der Waals surface area contributed by atoms with Crippen LogP contribution in [0.4, 0.5) is 13.2 Å². The lowest BCUT2D eigenvalue weighted by molar-refractivity contribution is -0.274. The van der Waals surface area contributed by atoms with Crippen LogP contribution < -0.4 is 15.4 Å². The van der Waals surface area contributed by atoms with Gasteiger partial charge in [-0.05, 0) is 104 Å². The number of Topliss-reactive ketones (excluding diaryl/α,β-unsaturated/α-hetero) is 1. The molecule has 302 valence electrons. The number of hydrogen-bond acceptors (Lipinski definition) is 7. The molecule has 0 bridgehead atoms. The number of rotatable bonds is 15. The van der Waals surface area contributed by atoms with Gasteiger partial charge in [0.05, 0.1) is 5.54 Å². The number of nitrogens with one attached hydrogen (secondary N) is 2. The second kappa shape index (κ2) is 18.2. The first-order valence-electron chi connectivity index (χ1n) is 19.6. The van der Waals surface area contributed by atoms with Crippen molar-refractivity contribution in [3.8, 4) is 22.6 Å². The van der Waals surface area contributed by atoms with E-state index in [0.717, 1.165) is 91.0 Å². The van der Waals surface area contributed by atoms with Crippen molar-refractivity contribution in [3.05, 3.63) is 118 Å². The van der Waals surface area contributed by atoms with E-state index in [9.17, 15) is 23.1 Å². The molecular weight excluding hydrogens is 774 g/mol. The van der Waals surface area contributed by atoms with Gasteiger partial charge in [0.25, 0.3) is 0 Å². The number of phenolic OH excluding ortho intramolecular Hbond substituents is 1. The number of phenols is 1. The summed E-state index contributed by atoms with van der Waals surface area (Å²) in [5.41, 5.74) is 5.16. The van der Waals surface area contributed by atoms with E-state index in [0.29, 0.717) is 55.4 Å². The Kier molecular flexibility index (Phi) is 13.1. The molecule has 2 fully saturated rings. The van der Waals surface area contributed by atoms with Gasteiger partial charge in [0.1, 0.15) is 11.5 Å². The van der Waals surface area contributed by atoms with Crippen LogP contribution in [-0.4, -0.2) is 76.4 Å². The number of nitrogens with zero attached hydrogens (tertiary/aromatic N) is 3.